The molecule has 1 amide bonds. The molecule has 0 spiro atoms. The summed E-state index contributed by atoms with van der Waals surface area (Å²) in [5.41, 5.74) is -0.193. The van der Waals surface area contributed by atoms with Gasteiger partial charge in [-0.15, -0.1) is 0 Å². The SMILES string of the molecule is N#CC1(C(=O)Nc2ccccc2I)CCOCC1. The second kappa shape index (κ2) is 5.67. The van der Waals surface area contributed by atoms with Gasteiger partial charge in [0.05, 0.1) is 11.8 Å². The number of nitrogens with one attached hydrogen (secondary N) is 1. The zero-order valence-corrected chi connectivity index (χ0v) is 11.9. The summed E-state index contributed by atoms with van der Waals surface area (Å²) in [6.07, 6.45) is 0.914. The Balaban J connectivity index is 2.16. The van der Waals surface area contributed by atoms with Crippen molar-refractivity contribution < 1.29 is 9.53 Å². The smallest absolute Gasteiger partial charge is 0.245 e. The van der Waals surface area contributed by atoms with E-state index in [0.29, 0.717) is 26.1 Å². The van der Waals surface area contributed by atoms with Crippen molar-refractivity contribution in [2.75, 3.05) is 18.5 Å². The molecule has 0 saturated carbocycles. The summed E-state index contributed by atoms with van der Waals surface area (Å²) in [5, 5.41) is 12.1. The lowest BCUT2D eigenvalue weighted by Gasteiger charge is -2.29. The average Bonchev–Trinajstić information content (AvgIpc) is 2.42. The molecule has 1 aromatic rings. The number of carbonyl (C=O) groups excluding carboxylic acids is 1. The van der Waals surface area contributed by atoms with Gasteiger partial charge in [0.2, 0.25) is 5.91 Å². The molecular formula is C13H13IN2O2. The molecule has 0 atom stereocenters. The van der Waals surface area contributed by atoms with E-state index in [1.54, 1.807) is 0 Å². The molecule has 0 radical (unpaired) electrons. The van der Waals surface area contributed by atoms with Crippen LogP contribution in [0.15, 0.2) is 24.3 Å². The maximum Gasteiger partial charge on any atom is 0.245 e. The Morgan fingerprint density at radius 3 is 2.67 bits per heavy atom. The number of nitrogens with zero attached hydrogens (tertiary/aromatic N) is 1. The molecule has 0 aromatic heterocycles. The highest BCUT2D eigenvalue weighted by atomic mass is 127. The molecule has 94 valence electrons. The summed E-state index contributed by atoms with van der Waals surface area (Å²) in [6, 6.07) is 9.69. The maximum absolute atomic E-state index is 12.3. The van der Waals surface area contributed by atoms with Crippen molar-refractivity contribution in [3.8, 4) is 6.07 Å². The molecule has 0 unspecified atom stereocenters. The van der Waals surface area contributed by atoms with Gasteiger partial charge in [-0.25, -0.2) is 0 Å². The van der Waals surface area contributed by atoms with Crippen LogP contribution in [0.5, 0.6) is 0 Å². The third-order valence-electron chi connectivity index (χ3n) is 3.12. The van der Waals surface area contributed by atoms with Gasteiger partial charge in [0.25, 0.3) is 0 Å². The lowest BCUT2D eigenvalue weighted by atomic mass is 9.81. The molecule has 0 aliphatic carbocycles. The van der Waals surface area contributed by atoms with Gasteiger partial charge >= 0.3 is 0 Å². The molecule has 0 bridgehead atoms. The topological polar surface area (TPSA) is 62.1 Å². The number of anilines is 1. The monoisotopic (exact) mass is 356 g/mol. The first kappa shape index (κ1) is 13.3. The van der Waals surface area contributed by atoms with Gasteiger partial charge < -0.3 is 10.1 Å². The Kier molecular flexibility index (Phi) is 4.19. The van der Waals surface area contributed by atoms with E-state index in [9.17, 15) is 10.1 Å². The van der Waals surface area contributed by atoms with Gasteiger partial charge in [-0.1, -0.05) is 12.1 Å². The van der Waals surface area contributed by atoms with Crippen molar-refractivity contribution in [2.24, 2.45) is 5.41 Å². The van der Waals surface area contributed by atoms with E-state index in [2.05, 4.69) is 34.0 Å². The molecule has 1 N–H and O–H groups in total. The molecule has 1 saturated heterocycles. The van der Waals surface area contributed by atoms with Crippen molar-refractivity contribution in [3.63, 3.8) is 0 Å². The number of hydrogen-bond acceptors (Lipinski definition) is 3. The molecule has 1 fully saturated rings. The minimum atomic E-state index is -0.947. The molecule has 1 heterocycles. The molecular weight excluding hydrogens is 343 g/mol. The van der Waals surface area contributed by atoms with Crippen LogP contribution in [0.2, 0.25) is 0 Å². The lowest BCUT2D eigenvalue weighted by Crippen LogP contribution is -2.40. The minimum absolute atomic E-state index is 0.225. The van der Waals surface area contributed by atoms with Gasteiger partial charge in [-0.05, 0) is 47.6 Å². The Bertz CT molecular complexity index is 490. The summed E-state index contributed by atoms with van der Waals surface area (Å²) in [7, 11) is 0. The molecule has 1 aliphatic rings. The summed E-state index contributed by atoms with van der Waals surface area (Å²) in [6.45, 7) is 0.930. The van der Waals surface area contributed by atoms with E-state index in [4.69, 9.17) is 4.74 Å². The van der Waals surface area contributed by atoms with E-state index < -0.39 is 5.41 Å². The quantitative estimate of drug-likeness (QED) is 0.829. The van der Waals surface area contributed by atoms with Crippen molar-refractivity contribution in [1.82, 2.24) is 0 Å². The van der Waals surface area contributed by atoms with Gasteiger partial charge in [0.1, 0.15) is 5.41 Å². The highest BCUT2D eigenvalue weighted by Gasteiger charge is 2.40. The summed E-state index contributed by atoms with van der Waals surface area (Å²) in [4.78, 5) is 12.3. The number of halogens is 1. The van der Waals surface area contributed by atoms with Crippen molar-refractivity contribution in [3.05, 3.63) is 27.8 Å². The highest BCUT2D eigenvalue weighted by molar-refractivity contribution is 14.1. The van der Waals surface area contributed by atoms with Crippen molar-refractivity contribution >= 4 is 34.2 Å². The number of carbonyl (C=O) groups is 1. The number of amides is 1. The number of ether oxygens (including phenoxy) is 1. The zero-order chi connectivity index (χ0) is 13.0. The predicted octanol–water partition coefficient (Wildman–Crippen LogP) is 2.55. The van der Waals surface area contributed by atoms with Gasteiger partial charge in [-0.2, -0.15) is 5.26 Å². The number of hydrogen-bond donors (Lipinski definition) is 1. The van der Waals surface area contributed by atoms with Crippen molar-refractivity contribution in [1.29, 1.82) is 5.26 Å². The van der Waals surface area contributed by atoms with Crippen LogP contribution < -0.4 is 5.32 Å². The third kappa shape index (κ3) is 2.65. The van der Waals surface area contributed by atoms with Crippen LogP contribution in [0.25, 0.3) is 0 Å². The Morgan fingerprint density at radius 1 is 1.39 bits per heavy atom. The van der Waals surface area contributed by atoms with Crippen LogP contribution in [0.4, 0.5) is 5.69 Å². The molecule has 18 heavy (non-hydrogen) atoms. The summed E-state index contributed by atoms with van der Waals surface area (Å²) >= 11 is 2.16. The third-order valence-corrected chi connectivity index (χ3v) is 4.06. The highest BCUT2D eigenvalue weighted by Crippen LogP contribution is 2.31. The number of rotatable bonds is 2. The fraction of sp³-hybridized carbons (Fsp3) is 0.385. The van der Waals surface area contributed by atoms with E-state index in [-0.39, 0.29) is 5.91 Å². The Morgan fingerprint density at radius 2 is 2.06 bits per heavy atom. The molecule has 1 aromatic carbocycles. The lowest BCUT2D eigenvalue weighted by molar-refractivity contribution is -0.126. The summed E-state index contributed by atoms with van der Waals surface area (Å²) in [5.74, 6) is -0.225. The Hall–Kier alpha value is -1.13. The van der Waals surface area contributed by atoms with E-state index in [1.807, 2.05) is 24.3 Å². The maximum atomic E-state index is 12.3. The first-order valence-corrected chi connectivity index (χ1v) is 6.81. The van der Waals surface area contributed by atoms with Gasteiger partial charge in [-0.3, -0.25) is 4.79 Å². The fourth-order valence-electron chi connectivity index (χ4n) is 1.91. The van der Waals surface area contributed by atoms with Crippen molar-refractivity contribution in [2.45, 2.75) is 12.8 Å². The minimum Gasteiger partial charge on any atom is -0.381 e. The number of para-hydroxylation sites is 1. The normalized spacial score (nSPS) is 17.8. The van der Waals surface area contributed by atoms with Crippen LogP contribution in [0.3, 0.4) is 0 Å². The molecule has 5 heteroatoms. The predicted molar refractivity (Wildman–Crippen MR) is 75.9 cm³/mol. The van der Waals surface area contributed by atoms with Gasteiger partial charge in [0.15, 0.2) is 0 Å². The number of nitriles is 1. The van der Waals surface area contributed by atoms with Crippen LogP contribution >= 0.6 is 22.6 Å². The van der Waals surface area contributed by atoms with Crippen LogP contribution in [0.1, 0.15) is 12.8 Å². The fourth-order valence-corrected chi connectivity index (χ4v) is 2.44. The van der Waals surface area contributed by atoms with E-state index in [0.717, 1.165) is 9.26 Å². The zero-order valence-electron chi connectivity index (χ0n) is 9.78. The number of benzene rings is 1. The summed E-state index contributed by atoms with van der Waals surface area (Å²) < 4.78 is 6.18. The average molecular weight is 356 g/mol. The van der Waals surface area contributed by atoms with E-state index >= 15 is 0 Å². The van der Waals surface area contributed by atoms with Crippen LogP contribution in [-0.2, 0) is 9.53 Å². The van der Waals surface area contributed by atoms with Crippen LogP contribution in [0, 0.1) is 20.3 Å². The molecule has 2 rings (SSSR count). The Labute approximate surface area is 119 Å². The van der Waals surface area contributed by atoms with E-state index in [1.165, 1.54) is 0 Å². The molecule has 4 nitrogen and oxygen atoms in total. The second-order valence-corrected chi connectivity index (χ2v) is 5.40. The standard InChI is InChI=1S/C13H13IN2O2/c14-10-3-1-2-4-11(10)16-12(17)13(9-15)5-7-18-8-6-13/h1-4H,5-8H2,(H,16,17). The largest absolute Gasteiger partial charge is 0.381 e. The molecule has 1 aliphatic heterocycles. The van der Waals surface area contributed by atoms with Crippen LogP contribution in [-0.4, -0.2) is 19.1 Å². The first-order chi connectivity index (χ1) is 8.68. The second-order valence-electron chi connectivity index (χ2n) is 4.24. The van der Waals surface area contributed by atoms with Gasteiger partial charge in [0, 0.05) is 16.8 Å². The first-order valence-electron chi connectivity index (χ1n) is 5.73.